The summed E-state index contributed by atoms with van der Waals surface area (Å²) in [6, 6.07) is 12.1. The quantitative estimate of drug-likeness (QED) is 0.832. The summed E-state index contributed by atoms with van der Waals surface area (Å²) in [5.74, 6) is -0.112. The van der Waals surface area contributed by atoms with E-state index in [0.717, 1.165) is 23.2 Å². The molecular formula is C20H22N2O3S. The zero-order valence-electron chi connectivity index (χ0n) is 15.3. The number of nitrogens with one attached hydrogen (secondary N) is 1. The maximum absolute atomic E-state index is 12.9. The number of nitrogens with zero attached hydrogens (tertiary/aromatic N) is 1. The predicted molar refractivity (Wildman–Crippen MR) is 105 cm³/mol. The zero-order valence-corrected chi connectivity index (χ0v) is 16.1. The van der Waals surface area contributed by atoms with E-state index in [0.29, 0.717) is 16.8 Å². The van der Waals surface area contributed by atoms with E-state index in [4.69, 9.17) is 0 Å². The molecule has 0 spiro atoms. The lowest BCUT2D eigenvalue weighted by Gasteiger charge is -2.13. The van der Waals surface area contributed by atoms with Gasteiger partial charge in [-0.25, -0.2) is 8.42 Å². The normalized spacial score (nSPS) is 13.8. The molecule has 5 nitrogen and oxygen atoms in total. The van der Waals surface area contributed by atoms with Crippen LogP contribution in [0.25, 0.3) is 5.57 Å². The molecule has 26 heavy (non-hydrogen) atoms. The first-order valence-electron chi connectivity index (χ1n) is 8.47. The molecule has 6 heteroatoms. The number of para-hydroxylation sites is 1. The van der Waals surface area contributed by atoms with Crippen molar-refractivity contribution in [3.8, 4) is 0 Å². The fourth-order valence-electron chi connectivity index (χ4n) is 3.18. The van der Waals surface area contributed by atoms with Gasteiger partial charge in [0.15, 0.2) is 0 Å². The molecule has 136 valence electrons. The van der Waals surface area contributed by atoms with Crippen molar-refractivity contribution in [2.45, 2.75) is 32.1 Å². The number of sulfonamides is 1. The fraction of sp³-hybridized carbons (Fsp3) is 0.250. The molecule has 0 fully saturated rings. The Morgan fingerprint density at radius 1 is 1.12 bits per heavy atom. The maximum Gasteiger partial charge on any atom is 0.261 e. The molecule has 0 saturated carbocycles. The molecule has 2 aromatic rings. The van der Waals surface area contributed by atoms with Gasteiger partial charge in [-0.15, -0.1) is 0 Å². The van der Waals surface area contributed by atoms with Gasteiger partial charge in [-0.3, -0.25) is 9.52 Å². The van der Waals surface area contributed by atoms with E-state index in [1.54, 1.807) is 36.2 Å². The van der Waals surface area contributed by atoms with E-state index in [1.165, 1.54) is 6.07 Å². The third kappa shape index (κ3) is 3.01. The Balaban J connectivity index is 2.06. The highest BCUT2D eigenvalue weighted by Crippen LogP contribution is 2.39. The Labute approximate surface area is 154 Å². The van der Waals surface area contributed by atoms with Gasteiger partial charge in [0.1, 0.15) is 0 Å². The van der Waals surface area contributed by atoms with E-state index in [-0.39, 0.29) is 10.8 Å². The largest absolute Gasteiger partial charge is 0.311 e. The Hall–Kier alpha value is -2.60. The number of carbonyl (C=O) groups excluding carboxylic acids is 1. The van der Waals surface area contributed by atoms with Gasteiger partial charge >= 0.3 is 0 Å². The molecule has 1 heterocycles. The van der Waals surface area contributed by atoms with Crippen LogP contribution in [0.15, 0.2) is 52.9 Å². The molecule has 1 aliphatic rings. The second-order valence-corrected chi connectivity index (χ2v) is 8.22. The van der Waals surface area contributed by atoms with Crippen molar-refractivity contribution in [1.29, 1.82) is 0 Å². The number of likely N-dealkylation sites (N-methyl/N-ethyl adjacent to an activating group) is 1. The van der Waals surface area contributed by atoms with Gasteiger partial charge in [-0.2, -0.15) is 0 Å². The van der Waals surface area contributed by atoms with Crippen LogP contribution in [0.4, 0.5) is 11.4 Å². The number of carbonyl (C=O) groups is 1. The van der Waals surface area contributed by atoms with Crippen LogP contribution < -0.4 is 9.62 Å². The van der Waals surface area contributed by atoms with Gasteiger partial charge in [-0.05, 0) is 50.1 Å². The molecule has 0 saturated heterocycles. The molecule has 1 amide bonds. The minimum absolute atomic E-state index is 0.112. The number of amides is 1. The maximum atomic E-state index is 12.9. The Morgan fingerprint density at radius 3 is 2.46 bits per heavy atom. The Bertz CT molecular complexity index is 1020. The van der Waals surface area contributed by atoms with Crippen LogP contribution in [-0.4, -0.2) is 21.4 Å². The van der Waals surface area contributed by atoms with Gasteiger partial charge in [-0.1, -0.05) is 30.7 Å². The topological polar surface area (TPSA) is 66.5 Å². The summed E-state index contributed by atoms with van der Waals surface area (Å²) in [4.78, 5) is 14.1. The zero-order chi connectivity index (χ0) is 19.1. The third-order valence-corrected chi connectivity index (χ3v) is 5.93. The lowest BCUT2D eigenvalue weighted by molar-refractivity contribution is -0.112. The Kier molecular flexibility index (Phi) is 4.63. The molecule has 0 aromatic heterocycles. The predicted octanol–water partition coefficient (Wildman–Crippen LogP) is 3.82. The summed E-state index contributed by atoms with van der Waals surface area (Å²) in [6.07, 6.45) is 0.726. The van der Waals surface area contributed by atoms with E-state index in [9.17, 15) is 13.2 Å². The number of aryl methyl sites for hydroxylation is 1. The Morgan fingerprint density at radius 2 is 1.81 bits per heavy atom. The molecule has 3 rings (SSSR count). The third-order valence-electron chi connectivity index (χ3n) is 4.57. The lowest BCUT2D eigenvalue weighted by Crippen LogP contribution is -2.20. The summed E-state index contributed by atoms with van der Waals surface area (Å²) < 4.78 is 28.4. The molecule has 1 N–H and O–H groups in total. The summed E-state index contributed by atoms with van der Waals surface area (Å²) in [7, 11) is -2.06. The number of anilines is 2. The molecule has 0 bridgehead atoms. The smallest absolute Gasteiger partial charge is 0.261 e. The van der Waals surface area contributed by atoms with Crippen molar-refractivity contribution in [2.24, 2.45) is 0 Å². The minimum atomic E-state index is -3.75. The van der Waals surface area contributed by atoms with Crippen molar-refractivity contribution in [1.82, 2.24) is 0 Å². The monoisotopic (exact) mass is 370 g/mol. The molecule has 2 aromatic carbocycles. The summed E-state index contributed by atoms with van der Waals surface area (Å²) in [5.41, 5.74) is 4.31. The minimum Gasteiger partial charge on any atom is -0.311 e. The SMILES string of the molecule is CCc1ccccc1NS(=O)(=O)c1ccc2c(c1)C(=C(C)C)C(=O)N2C. The second kappa shape index (κ2) is 6.61. The fourth-order valence-corrected chi connectivity index (χ4v) is 4.31. The van der Waals surface area contributed by atoms with Crippen molar-refractivity contribution in [3.63, 3.8) is 0 Å². The summed E-state index contributed by atoms with van der Waals surface area (Å²) >= 11 is 0. The van der Waals surface area contributed by atoms with Crippen LogP contribution in [0.5, 0.6) is 0 Å². The molecular weight excluding hydrogens is 348 g/mol. The van der Waals surface area contributed by atoms with Crippen LogP contribution in [-0.2, 0) is 21.2 Å². The first kappa shape index (κ1) is 18.2. The van der Waals surface area contributed by atoms with Crippen LogP contribution in [0.1, 0.15) is 31.9 Å². The number of rotatable bonds is 4. The number of fused-ring (bicyclic) bond motifs is 1. The number of hydrogen-bond donors (Lipinski definition) is 1. The van der Waals surface area contributed by atoms with Crippen LogP contribution in [0, 0.1) is 0 Å². The number of hydrogen-bond acceptors (Lipinski definition) is 3. The summed E-state index contributed by atoms with van der Waals surface area (Å²) in [5, 5.41) is 0. The van der Waals surface area contributed by atoms with Crippen molar-refractivity contribution in [2.75, 3.05) is 16.7 Å². The van der Waals surface area contributed by atoms with Crippen molar-refractivity contribution >= 4 is 32.9 Å². The van der Waals surface area contributed by atoms with Gasteiger partial charge in [0.2, 0.25) is 0 Å². The first-order valence-corrected chi connectivity index (χ1v) is 9.95. The highest BCUT2D eigenvalue weighted by atomic mass is 32.2. The van der Waals surface area contributed by atoms with Gasteiger partial charge in [0.25, 0.3) is 15.9 Å². The molecule has 1 aliphatic heterocycles. The van der Waals surface area contributed by atoms with Gasteiger partial charge < -0.3 is 4.90 Å². The average Bonchev–Trinajstić information content (AvgIpc) is 2.85. The van der Waals surface area contributed by atoms with Crippen molar-refractivity contribution in [3.05, 3.63) is 59.2 Å². The highest BCUT2D eigenvalue weighted by Gasteiger charge is 2.32. The van der Waals surface area contributed by atoms with E-state index in [1.807, 2.05) is 32.9 Å². The molecule has 0 aliphatic carbocycles. The molecule has 0 atom stereocenters. The lowest BCUT2D eigenvalue weighted by atomic mass is 10.0. The first-order chi connectivity index (χ1) is 12.3. The number of allylic oxidation sites excluding steroid dienone is 1. The molecule has 0 radical (unpaired) electrons. The molecule has 0 unspecified atom stereocenters. The van der Waals surface area contributed by atoms with Gasteiger partial charge in [0, 0.05) is 18.2 Å². The number of benzene rings is 2. The average molecular weight is 370 g/mol. The van der Waals surface area contributed by atoms with Crippen LogP contribution in [0.2, 0.25) is 0 Å². The second-order valence-electron chi connectivity index (χ2n) is 6.53. The standard InChI is InChI=1S/C20H22N2O3S/c1-5-14-8-6-7-9-17(14)21-26(24,25)15-10-11-18-16(12-15)19(13(2)3)20(23)22(18)4/h6-12,21H,5H2,1-4H3. The summed E-state index contributed by atoms with van der Waals surface area (Å²) in [6.45, 7) is 5.69. The van der Waals surface area contributed by atoms with E-state index < -0.39 is 10.0 Å². The van der Waals surface area contributed by atoms with E-state index in [2.05, 4.69) is 4.72 Å². The van der Waals surface area contributed by atoms with Crippen molar-refractivity contribution < 1.29 is 13.2 Å². The highest BCUT2D eigenvalue weighted by molar-refractivity contribution is 7.92. The van der Waals surface area contributed by atoms with E-state index >= 15 is 0 Å². The van der Waals surface area contributed by atoms with Crippen LogP contribution >= 0.6 is 0 Å². The van der Waals surface area contributed by atoms with Gasteiger partial charge in [0.05, 0.1) is 16.3 Å². The van der Waals surface area contributed by atoms with Crippen LogP contribution in [0.3, 0.4) is 0 Å².